The molecule has 1 rings (SSSR count). The van der Waals surface area contributed by atoms with Crippen molar-refractivity contribution in [2.75, 3.05) is 11.6 Å². The molecule has 3 N–H and O–H groups in total. The number of carbonyl (C=O) groups excluding carboxylic acids is 2. The number of sulfone groups is 1. The molecule has 1 aromatic carbocycles. The summed E-state index contributed by atoms with van der Waals surface area (Å²) in [6, 6.07) is 4.71. The highest BCUT2D eigenvalue weighted by Gasteiger charge is 2.19. The lowest BCUT2D eigenvalue weighted by molar-refractivity contribution is -0.123. The van der Waals surface area contributed by atoms with Crippen molar-refractivity contribution in [3.8, 4) is 0 Å². The highest BCUT2D eigenvalue weighted by atomic mass is 32.2. The molecule has 0 bridgehead atoms. The first-order valence-electron chi connectivity index (χ1n) is 7.32. The van der Waals surface area contributed by atoms with Crippen molar-refractivity contribution < 1.29 is 18.0 Å². The maximum Gasteiger partial charge on any atom is 0.319 e. The van der Waals surface area contributed by atoms with Gasteiger partial charge in [0.05, 0.1) is 10.6 Å². The van der Waals surface area contributed by atoms with Crippen LogP contribution in [0.1, 0.15) is 27.2 Å². The number of hydrogen-bond acceptors (Lipinski definition) is 4. The van der Waals surface area contributed by atoms with Crippen LogP contribution in [0.5, 0.6) is 0 Å². The van der Waals surface area contributed by atoms with E-state index in [1.54, 1.807) is 19.1 Å². The number of para-hydroxylation sites is 1. The minimum absolute atomic E-state index is 0.0146. The summed E-state index contributed by atoms with van der Waals surface area (Å²) < 4.78 is 23.4. The van der Waals surface area contributed by atoms with Crippen LogP contribution >= 0.6 is 0 Å². The van der Waals surface area contributed by atoms with Crippen molar-refractivity contribution in [1.82, 2.24) is 10.6 Å². The minimum atomic E-state index is -3.46. The minimum Gasteiger partial charge on any atom is -0.352 e. The molecule has 0 aliphatic carbocycles. The molecule has 0 fully saturated rings. The van der Waals surface area contributed by atoms with Crippen LogP contribution in [0.3, 0.4) is 0 Å². The van der Waals surface area contributed by atoms with Gasteiger partial charge in [-0.25, -0.2) is 13.2 Å². The van der Waals surface area contributed by atoms with Gasteiger partial charge in [-0.2, -0.15) is 0 Å². The Morgan fingerprint density at radius 3 is 2.30 bits per heavy atom. The topological polar surface area (TPSA) is 104 Å². The number of nitrogens with one attached hydrogen (secondary N) is 3. The quantitative estimate of drug-likeness (QED) is 0.729. The number of benzene rings is 1. The predicted octanol–water partition coefficient (Wildman–Crippen LogP) is 1.51. The second-order valence-electron chi connectivity index (χ2n) is 5.41. The predicted molar refractivity (Wildman–Crippen MR) is 89.1 cm³/mol. The summed E-state index contributed by atoms with van der Waals surface area (Å²) in [6.07, 6.45) is 1.85. The van der Waals surface area contributed by atoms with Crippen molar-refractivity contribution in [3.63, 3.8) is 0 Å². The van der Waals surface area contributed by atoms with Gasteiger partial charge in [-0.3, -0.25) is 4.79 Å². The molecule has 3 amide bonds. The molecule has 0 saturated heterocycles. The van der Waals surface area contributed by atoms with Crippen molar-refractivity contribution in [2.45, 2.75) is 44.2 Å². The van der Waals surface area contributed by atoms with E-state index in [2.05, 4.69) is 16.0 Å². The van der Waals surface area contributed by atoms with E-state index in [4.69, 9.17) is 0 Å². The Kier molecular flexibility index (Phi) is 6.56. The van der Waals surface area contributed by atoms with Gasteiger partial charge in [0, 0.05) is 12.3 Å². The zero-order valence-corrected chi connectivity index (χ0v) is 14.5. The summed E-state index contributed by atoms with van der Waals surface area (Å²) in [5.41, 5.74) is 0.169. The lowest BCUT2D eigenvalue weighted by atomic mass is 10.2. The average Bonchev–Trinajstić information content (AvgIpc) is 2.46. The second kappa shape index (κ2) is 7.96. The molecule has 0 heterocycles. The largest absolute Gasteiger partial charge is 0.352 e. The monoisotopic (exact) mass is 341 g/mol. The van der Waals surface area contributed by atoms with Crippen LogP contribution in [-0.4, -0.2) is 38.7 Å². The lowest BCUT2D eigenvalue weighted by Gasteiger charge is -2.18. The fraction of sp³-hybridized carbons (Fsp3) is 0.467. The molecule has 2 atom stereocenters. The molecule has 0 radical (unpaired) electrons. The number of hydrogen-bond donors (Lipinski definition) is 3. The number of anilines is 1. The maximum absolute atomic E-state index is 12.0. The first-order valence-corrected chi connectivity index (χ1v) is 9.21. The van der Waals surface area contributed by atoms with E-state index in [9.17, 15) is 18.0 Å². The third kappa shape index (κ3) is 5.90. The van der Waals surface area contributed by atoms with Crippen LogP contribution < -0.4 is 16.0 Å². The molecule has 0 spiro atoms. The zero-order valence-electron chi connectivity index (χ0n) is 13.7. The maximum atomic E-state index is 12.0. The van der Waals surface area contributed by atoms with Crippen LogP contribution in [0.15, 0.2) is 29.2 Å². The van der Waals surface area contributed by atoms with Gasteiger partial charge in [0.25, 0.3) is 0 Å². The molecule has 128 valence electrons. The van der Waals surface area contributed by atoms with Crippen molar-refractivity contribution >= 4 is 27.5 Å². The Balaban J connectivity index is 2.73. The van der Waals surface area contributed by atoms with Crippen LogP contribution in [0, 0.1) is 0 Å². The van der Waals surface area contributed by atoms with Crippen LogP contribution in [0.25, 0.3) is 0 Å². The van der Waals surface area contributed by atoms with Crippen molar-refractivity contribution in [1.29, 1.82) is 0 Å². The third-order valence-electron chi connectivity index (χ3n) is 3.28. The first-order chi connectivity index (χ1) is 10.6. The van der Waals surface area contributed by atoms with E-state index in [-0.39, 0.29) is 22.5 Å². The van der Waals surface area contributed by atoms with Gasteiger partial charge >= 0.3 is 6.03 Å². The van der Waals surface area contributed by atoms with E-state index in [0.717, 1.165) is 12.7 Å². The molecule has 0 aliphatic heterocycles. The summed E-state index contributed by atoms with van der Waals surface area (Å²) >= 11 is 0. The summed E-state index contributed by atoms with van der Waals surface area (Å²) in [5, 5.41) is 7.70. The van der Waals surface area contributed by atoms with E-state index in [0.29, 0.717) is 0 Å². The molecular formula is C15H23N3O4S. The zero-order chi connectivity index (χ0) is 17.6. The number of urea groups is 1. The standard InChI is InChI=1S/C15H23N3O4S/c1-5-10(2)16-14(19)11(3)17-15(20)18-12-8-6-7-9-13(12)23(4,21)22/h6-11H,5H2,1-4H3,(H,16,19)(H2,17,18,20). The van der Waals surface area contributed by atoms with Gasteiger partial charge in [-0.05, 0) is 32.4 Å². The number of amides is 3. The Morgan fingerprint density at radius 1 is 1.13 bits per heavy atom. The van der Waals surface area contributed by atoms with Crippen LogP contribution in [0.4, 0.5) is 10.5 Å². The third-order valence-corrected chi connectivity index (χ3v) is 4.43. The van der Waals surface area contributed by atoms with Gasteiger partial charge in [-0.15, -0.1) is 0 Å². The van der Waals surface area contributed by atoms with Crippen molar-refractivity contribution in [3.05, 3.63) is 24.3 Å². The average molecular weight is 341 g/mol. The molecule has 23 heavy (non-hydrogen) atoms. The molecule has 2 unspecified atom stereocenters. The van der Waals surface area contributed by atoms with E-state index in [1.807, 2.05) is 13.8 Å². The second-order valence-corrected chi connectivity index (χ2v) is 7.39. The fourth-order valence-electron chi connectivity index (χ4n) is 1.78. The normalized spacial score (nSPS) is 13.7. The van der Waals surface area contributed by atoms with Crippen LogP contribution in [-0.2, 0) is 14.6 Å². The SMILES string of the molecule is CCC(C)NC(=O)C(C)NC(=O)Nc1ccccc1S(C)(=O)=O. The van der Waals surface area contributed by atoms with E-state index >= 15 is 0 Å². The summed E-state index contributed by atoms with van der Waals surface area (Å²) in [5.74, 6) is -0.300. The van der Waals surface area contributed by atoms with Gasteiger partial charge in [0.15, 0.2) is 9.84 Å². The lowest BCUT2D eigenvalue weighted by Crippen LogP contribution is -2.48. The Morgan fingerprint density at radius 2 is 1.74 bits per heavy atom. The highest BCUT2D eigenvalue weighted by Crippen LogP contribution is 2.20. The first kappa shape index (κ1) is 19.0. The fourth-order valence-corrected chi connectivity index (χ4v) is 2.63. The molecule has 8 heteroatoms. The van der Waals surface area contributed by atoms with Gasteiger partial charge in [0.2, 0.25) is 5.91 Å². The Hall–Kier alpha value is -2.09. The molecule has 0 saturated carbocycles. The Labute approximate surface area is 136 Å². The molecule has 0 aliphatic rings. The number of carbonyl (C=O) groups is 2. The summed E-state index contributed by atoms with van der Waals surface area (Å²) in [6.45, 7) is 5.37. The van der Waals surface area contributed by atoms with Gasteiger partial charge in [0.1, 0.15) is 6.04 Å². The smallest absolute Gasteiger partial charge is 0.319 e. The van der Waals surface area contributed by atoms with Gasteiger partial charge < -0.3 is 16.0 Å². The highest BCUT2D eigenvalue weighted by molar-refractivity contribution is 7.90. The van der Waals surface area contributed by atoms with Gasteiger partial charge in [-0.1, -0.05) is 19.1 Å². The molecule has 0 aromatic heterocycles. The number of rotatable bonds is 6. The molecule has 1 aromatic rings. The summed E-state index contributed by atoms with van der Waals surface area (Å²) in [7, 11) is -3.46. The van der Waals surface area contributed by atoms with E-state index in [1.165, 1.54) is 12.1 Å². The van der Waals surface area contributed by atoms with E-state index < -0.39 is 21.9 Å². The van der Waals surface area contributed by atoms with Crippen LogP contribution in [0.2, 0.25) is 0 Å². The molecule has 7 nitrogen and oxygen atoms in total. The van der Waals surface area contributed by atoms with Crippen molar-refractivity contribution in [2.24, 2.45) is 0 Å². The molecular weight excluding hydrogens is 318 g/mol. The Bertz CT molecular complexity index is 673. The summed E-state index contributed by atoms with van der Waals surface area (Å²) in [4.78, 5) is 23.9.